The average Bonchev–Trinajstić information content (AvgIpc) is 2.96. The molecular formula is C9H8N6O2S2. The fourth-order valence-electron chi connectivity index (χ4n) is 1.68. The van der Waals surface area contributed by atoms with E-state index in [1.54, 1.807) is 18.2 Å². The van der Waals surface area contributed by atoms with E-state index in [1.165, 1.54) is 6.20 Å². The number of hydrogen-bond acceptors (Lipinski definition) is 7. The first kappa shape index (κ1) is 11.9. The summed E-state index contributed by atoms with van der Waals surface area (Å²) in [7, 11) is -3.73. The summed E-state index contributed by atoms with van der Waals surface area (Å²) in [6.07, 6.45) is 1.40. The molecule has 0 aliphatic heterocycles. The SMILES string of the molecule is Nc1ccc2c(S(=O)(=O)Nc3nnns3)c[nH]c2c1. The molecule has 0 saturated heterocycles. The molecule has 1 aromatic carbocycles. The third kappa shape index (κ3) is 2.11. The van der Waals surface area contributed by atoms with Crippen LogP contribution in [0.15, 0.2) is 29.3 Å². The highest BCUT2D eigenvalue weighted by Crippen LogP contribution is 2.26. The molecule has 0 bridgehead atoms. The molecule has 0 atom stereocenters. The summed E-state index contributed by atoms with van der Waals surface area (Å²) in [5.74, 6) is 0. The van der Waals surface area contributed by atoms with Crippen molar-refractivity contribution in [1.82, 2.24) is 19.8 Å². The summed E-state index contributed by atoms with van der Waals surface area (Å²) in [4.78, 5) is 2.99. The van der Waals surface area contributed by atoms with Crippen LogP contribution >= 0.6 is 11.5 Å². The van der Waals surface area contributed by atoms with Crippen LogP contribution in [0.1, 0.15) is 0 Å². The summed E-state index contributed by atoms with van der Waals surface area (Å²) >= 11 is 0.862. The van der Waals surface area contributed by atoms with E-state index in [2.05, 4.69) is 24.5 Å². The standard InChI is InChI=1S/C9H8N6O2S2/c10-5-1-2-6-7(3-5)11-4-8(6)19(16,17)13-9-12-14-15-18-9/h1-4,11H,10H2,(H,12,13,15). The van der Waals surface area contributed by atoms with E-state index in [0.29, 0.717) is 16.6 Å². The van der Waals surface area contributed by atoms with Crippen molar-refractivity contribution in [3.05, 3.63) is 24.4 Å². The maximum Gasteiger partial charge on any atom is 0.265 e. The fourth-order valence-corrected chi connectivity index (χ4v) is 3.45. The molecule has 0 amide bonds. The third-order valence-electron chi connectivity index (χ3n) is 2.48. The Morgan fingerprint density at radius 3 is 2.95 bits per heavy atom. The Hall–Kier alpha value is -2.20. The lowest BCUT2D eigenvalue weighted by atomic mass is 10.2. The summed E-state index contributed by atoms with van der Waals surface area (Å²) in [6.45, 7) is 0. The minimum Gasteiger partial charge on any atom is -0.399 e. The summed E-state index contributed by atoms with van der Waals surface area (Å²) < 4.78 is 30.2. The van der Waals surface area contributed by atoms with Gasteiger partial charge < -0.3 is 10.7 Å². The minimum atomic E-state index is -3.73. The van der Waals surface area contributed by atoms with Crippen LogP contribution in [-0.4, -0.2) is 28.2 Å². The number of sulfonamides is 1. The van der Waals surface area contributed by atoms with Gasteiger partial charge in [0.2, 0.25) is 5.13 Å². The molecule has 98 valence electrons. The number of H-pyrrole nitrogens is 1. The topological polar surface area (TPSA) is 127 Å². The number of aromatic amines is 1. The summed E-state index contributed by atoms with van der Waals surface area (Å²) in [5.41, 5.74) is 6.85. The molecule has 8 nitrogen and oxygen atoms in total. The van der Waals surface area contributed by atoms with E-state index >= 15 is 0 Å². The minimum absolute atomic E-state index is 0.116. The highest BCUT2D eigenvalue weighted by Gasteiger charge is 2.20. The molecule has 0 saturated carbocycles. The number of fused-ring (bicyclic) bond motifs is 1. The average molecular weight is 296 g/mol. The lowest BCUT2D eigenvalue weighted by Crippen LogP contribution is -2.12. The normalized spacial score (nSPS) is 11.8. The van der Waals surface area contributed by atoms with Crippen molar-refractivity contribution in [3.63, 3.8) is 0 Å². The van der Waals surface area contributed by atoms with Crippen LogP contribution in [0.5, 0.6) is 0 Å². The van der Waals surface area contributed by atoms with Gasteiger partial charge in [-0.25, -0.2) is 8.42 Å². The zero-order valence-corrected chi connectivity index (χ0v) is 11.0. The molecule has 0 spiro atoms. The second-order valence-electron chi connectivity index (χ2n) is 3.73. The molecule has 4 N–H and O–H groups in total. The molecular weight excluding hydrogens is 288 g/mol. The molecule has 3 aromatic rings. The lowest BCUT2D eigenvalue weighted by Gasteiger charge is -2.02. The number of anilines is 2. The summed E-state index contributed by atoms with van der Waals surface area (Å²) in [5, 5.41) is 7.54. The first-order valence-electron chi connectivity index (χ1n) is 5.11. The zero-order valence-electron chi connectivity index (χ0n) is 9.36. The predicted octanol–water partition coefficient (Wildman–Crippen LogP) is 0.797. The van der Waals surface area contributed by atoms with Crippen molar-refractivity contribution >= 4 is 43.3 Å². The van der Waals surface area contributed by atoms with Gasteiger partial charge in [0.05, 0.1) is 0 Å². The second-order valence-corrected chi connectivity index (χ2v) is 6.11. The Morgan fingerprint density at radius 2 is 2.21 bits per heavy atom. The predicted molar refractivity (Wildman–Crippen MR) is 71.2 cm³/mol. The molecule has 2 aromatic heterocycles. The number of nitrogen functional groups attached to an aromatic ring is 1. The smallest absolute Gasteiger partial charge is 0.265 e. The molecule has 19 heavy (non-hydrogen) atoms. The molecule has 0 radical (unpaired) electrons. The van der Waals surface area contributed by atoms with Gasteiger partial charge in [0, 0.05) is 34.3 Å². The van der Waals surface area contributed by atoms with Crippen molar-refractivity contribution in [2.24, 2.45) is 0 Å². The summed E-state index contributed by atoms with van der Waals surface area (Å²) in [6, 6.07) is 4.95. The number of nitrogens with two attached hydrogens (primary N) is 1. The van der Waals surface area contributed by atoms with Crippen LogP contribution in [0.4, 0.5) is 10.8 Å². The first-order chi connectivity index (χ1) is 9.06. The van der Waals surface area contributed by atoms with Crippen LogP contribution < -0.4 is 10.5 Å². The largest absolute Gasteiger partial charge is 0.399 e. The van der Waals surface area contributed by atoms with Gasteiger partial charge in [-0.05, 0) is 23.4 Å². The number of aromatic nitrogens is 4. The van der Waals surface area contributed by atoms with Crippen molar-refractivity contribution in [2.45, 2.75) is 4.90 Å². The van der Waals surface area contributed by atoms with Gasteiger partial charge in [0.15, 0.2) is 0 Å². The maximum absolute atomic E-state index is 12.2. The Bertz CT molecular complexity index is 824. The van der Waals surface area contributed by atoms with Crippen LogP contribution in [0.3, 0.4) is 0 Å². The monoisotopic (exact) mass is 296 g/mol. The van der Waals surface area contributed by atoms with Crippen molar-refractivity contribution in [3.8, 4) is 0 Å². The zero-order chi connectivity index (χ0) is 13.5. The van der Waals surface area contributed by atoms with Gasteiger partial charge in [-0.2, -0.15) is 0 Å². The molecule has 3 rings (SSSR count). The molecule has 0 aliphatic carbocycles. The highest BCUT2D eigenvalue weighted by atomic mass is 32.2. The van der Waals surface area contributed by atoms with Crippen molar-refractivity contribution in [1.29, 1.82) is 0 Å². The van der Waals surface area contributed by atoms with Gasteiger partial charge in [0.1, 0.15) is 4.90 Å². The van der Waals surface area contributed by atoms with E-state index in [4.69, 9.17) is 5.73 Å². The number of nitrogens with zero attached hydrogens (tertiary/aromatic N) is 3. The van der Waals surface area contributed by atoms with E-state index in [9.17, 15) is 8.42 Å². The van der Waals surface area contributed by atoms with Crippen LogP contribution in [0.2, 0.25) is 0 Å². The first-order valence-corrected chi connectivity index (χ1v) is 7.36. The molecule has 0 aliphatic rings. The van der Waals surface area contributed by atoms with Gasteiger partial charge >= 0.3 is 0 Å². The quantitative estimate of drug-likeness (QED) is 0.613. The lowest BCUT2D eigenvalue weighted by molar-refractivity contribution is 0.602. The van der Waals surface area contributed by atoms with Gasteiger partial charge in [-0.1, -0.05) is 9.59 Å². The van der Waals surface area contributed by atoms with Crippen LogP contribution in [0, 0.1) is 0 Å². The van der Waals surface area contributed by atoms with E-state index < -0.39 is 10.0 Å². The third-order valence-corrected chi connectivity index (χ3v) is 4.50. The van der Waals surface area contributed by atoms with Gasteiger partial charge in [-0.15, -0.1) is 0 Å². The van der Waals surface area contributed by atoms with Gasteiger partial charge in [-0.3, -0.25) is 4.72 Å². The highest BCUT2D eigenvalue weighted by molar-refractivity contribution is 7.93. The van der Waals surface area contributed by atoms with Crippen molar-refractivity contribution in [2.75, 3.05) is 10.5 Å². The Labute approximate surface area is 111 Å². The molecule has 0 unspecified atom stereocenters. The maximum atomic E-state index is 12.2. The Balaban J connectivity index is 2.08. The molecule has 0 fully saturated rings. The van der Waals surface area contributed by atoms with Crippen LogP contribution in [-0.2, 0) is 10.0 Å². The number of nitrogens with one attached hydrogen (secondary N) is 2. The van der Waals surface area contributed by atoms with Crippen molar-refractivity contribution < 1.29 is 8.42 Å². The Morgan fingerprint density at radius 1 is 1.37 bits per heavy atom. The van der Waals surface area contributed by atoms with E-state index in [-0.39, 0.29) is 10.0 Å². The van der Waals surface area contributed by atoms with Gasteiger partial charge in [0.25, 0.3) is 10.0 Å². The molecule has 10 heteroatoms. The Kier molecular flexibility index (Phi) is 2.61. The number of hydrogen-bond donors (Lipinski definition) is 3. The fraction of sp³-hybridized carbons (Fsp3) is 0. The number of rotatable bonds is 3. The van der Waals surface area contributed by atoms with E-state index in [0.717, 1.165) is 11.5 Å². The molecule has 2 heterocycles. The number of benzene rings is 1. The second kappa shape index (κ2) is 4.17. The van der Waals surface area contributed by atoms with Crippen LogP contribution in [0.25, 0.3) is 10.9 Å². The van der Waals surface area contributed by atoms with E-state index in [1.807, 2.05) is 0 Å².